The van der Waals surface area contributed by atoms with E-state index in [0.717, 1.165) is 32.8 Å². The first kappa shape index (κ1) is 22.6. The van der Waals surface area contributed by atoms with Crippen molar-refractivity contribution in [2.45, 2.75) is 20.4 Å². The van der Waals surface area contributed by atoms with Gasteiger partial charge >= 0.3 is 0 Å². The van der Waals surface area contributed by atoms with Crippen molar-refractivity contribution >= 4 is 39.2 Å². The summed E-state index contributed by atoms with van der Waals surface area (Å²) < 4.78 is 2.82. The lowest BCUT2D eigenvalue weighted by atomic mass is 10.2. The van der Waals surface area contributed by atoms with Crippen LogP contribution >= 0.6 is 15.9 Å². The van der Waals surface area contributed by atoms with Crippen LogP contribution in [-0.2, 0) is 13.6 Å². The zero-order valence-corrected chi connectivity index (χ0v) is 20.0. The van der Waals surface area contributed by atoms with Gasteiger partial charge in [-0.05, 0) is 56.3 Å². The van der Waals surface area contributed by atoms with E-state index in [1.165, 1.54) is 0 Å². The number of carbonyl (C=O) groups excluding carboxylic acids is 1. The minimum atomic E-state index is -0.230. The third-order valence-corrected chi connectivity index (χ3v) is 5.55. The molecular weight excluding hydrogens is 456 g/mol. The van der Waals surface area contributed by atoms with E-state index in [0.29, 0.717) is 18.1 Å². The Morgan fingerprint density at radius 2 is 1.87 bits per heavy atom. The number of benzene rings is 2. The molecule has 8 heteroatoms. The van der Waals surface area contributed by atoms with Crippen LogP contribution in [0, 0.1) is 13.8 Å². The number of hydrogen-bond donors (Lipinski definition) is 2. The molecule has 2 N–H and O–H groups in total. The second kappa shape index (κ2) is 9.78. The maximum absolute atomic E-state index is 12.9. The van der Waals surface area contributed by atoms with Gasteiger partial charge in [-0.3, -0.25) is 14.8 Å². The summed E-state index contributed by atoms with van der Waals surface area (Å²) >= 11 is 3.44. The number of halogens is 1. The van der Waals surface area contributed by atoms with Gasteiger partial charge in [0.25, 0.3) is 5.91 Å². The number of nitrogens with one attached hydrogen (secondary N) is 2. The lowest BCUT2D eigenvalue weighted by molar-refractivity contribution is 0.0977. The van der Waals surface area contributed by atoms with Gasteiger partial charge in [-0.2, -0.15) is 5.10 Å². The van der Waals surface area contributed by atoms with Crippen molar-refractivity contribution < 1.29 is 4.79 Å². The largest absolute Gasteiger partial charge is 0.378 e. The van der Waals surface area contributed by atoms with Crippen molar-refractivity contribution in [3.05, 3.63) is 75.5 Å². The van der Waals surface area contributed by atoms with Crippen LogP contribution < -0.4 is 15.5 Å². The van der Waals surface area contributed by atoms with E-state index in [2.05, 4.69) is 36.7 Å². The van der Waals surface area contributed by atoms with E-state index < -0.39 is 0 Å². The van der Waals surface area contributed by atoms with Gasteiger partial charge < -0.3 is 10.2 Å². The molecule has 3 rings (SSSR count). The minimum Gasteiger partial charge on any atom is -0.378 e. The molecule has 0 aliphatic carbocycles. The van der Waals surface area contributed by atoms with Crippen molar-refractivity contribution in [3.8, 4) is 0 Å². The Bertz CT molecular complexity index is 1100. The summed E-state index contributed by atoms with van der Waals surface area (Å²) in [6.07, 6.45) is 0. The Morgan fingerprint density at radius 1 is 1.16 bits per heavy atom. The number of aryl methyl sites for hydroxylation is 2. The first-order valence-electron chi connectivity index (χ1n) is 9.89. The molecule has 1 heterocycles. The van der Waals surface area contributed by atoms with Gasteiger partial charge in [-0.1, -0.05) is 22.0 Å². The zero-order chi connectivity index (χ0) is 22.5. The number of hydrogen-bond acceptors (Lipinski definition) is 4. The molecule has 0 aliphatic rings. The molecule has 7 nitrogen and oxygen atoms in total. The number of aliphatic imine (C=N–C) groups is 1. The molecule has 0 saturated heterocycles. The van der Waals surface area contributed by atoms with Crippen molar-refractivity contribution in [3.63, 3.8) is 0 Å². The summed E-state index contributed by atoms with van der Waals surface area (Å²) in [5, 5.41) is 10.6. The second-order valence-electron chi connectivity index (χ2n) is 7.47. The summed E-state index contributed by atoms with van der Waals surface area (Å²) in [4.78, 5) is 19.6. The van der Waals surface area contributed by atoms with Crippen molar-refractivity contribution in [2.24, 2.45) is 12.0 Å². The molecule has 1 aromatic heterocycles. The molecule has 0 saturated carbocycles. The highest BCUT2D eigenvalue weighted by Gasteiger charge is 2.13. The fourth-order valence-electron chi connectivity index (χ4n) is 3.09. The fraction of sp³-hybridized carbons (Fsp3) is 0.261. The first-order chi connectivity index (χ1) is 14.7. The number of anilines is 2. The van der Waals surface area contributed by atoms with Crippen molar-refractivity contribution in [1.82, 2.24) is 15.1 Å². The Labute approximate surface area is 191 Å². The quantitative estimate of drug-likeness (QED) is 0.420. The number of amides is 1. The van der Waals surface area contributed by atoms with Gasteiger partial charge in [-0.25, -0.2) is 4.99 Å². The van der Waals surface area contributed by atoms with Gasteiger partial charge in [-0.15, -0.1) is 0 Å². The SMILES string of the molecule is Cc1nn(C)c(C)c1CN=C(NC(=O)c1cccc(N(C)C)c1)Nc1ccc(Br)cc1. The smallest absolute Gasteiger partial charge is 0.258 e. The van der Waals surface area contributed by atoms with E-state index in [9.17, 15) is 4.79 Å². The van der Waals surface area contributed by atoms with Crippen molar-refractivity contribution in [2.75, 3.05) is 24.3 Å². The molecule has 2 aromatic carbocycles. The molecule has 162 valence electrons. The van der Waals surface area contributed by atoms with E-state index in [1.54, 1.807) is 6.07 Å². The Balaban J connectivity index is 1.86. The summed E-state index contributed by atoms with van der Waals surface area (Å²) in [7, 11) is 5.80. The third kappa shape index (κ3) is 5.73. The predicted octanol–water partition coefficient (Wildman–Crippen LogP) is 4.26. The molecule has 31 heavy (non-hydrogen) atoms. The van der Waals surface area contributed by atoms with Crippen LogP contribution in [0.15, 0.2) is 58.0 Å². The van der Waals surface area contributed by atoms with Crippen LogP contribution in [0.5, 0.6) is 0 Å². The standard InChI is InChI=1S/C23H27BrN6O/c1-15-21(16(2)30(5)28-15)14-25-23(26-19-11-9-18(24)10-12-19)27-22(31)17-7-6-8-20(13-17)29(3)4/h6-13H,14H2,1-5H3,(H2,25,26,27,31). The van der Waals surface area contributed by atoms with Gasteiger partial charge in [0.05, 0.1) is 12.2 Å². The number of aromatic nitrogens is 2. The Morgan fingerprint density at radius 3 is 2.48 bits per heavy atom. The second-order valence-corrected chi connectivity index (χ2v) is 8.38. The molecule has 3 aromatic rings. The highest BCUT2D eigenvalue weighted by Crippen LogP contribution is 2.16. The average Bonchev–Trinajstić information content (AvgIpc) is 2.99. The normalized spacial score (nSPS) is 11.4. The highest BCUT2D eigenvalue weighted by molar-refractivity contribution is 9.10. The average molecular weight is 483 g/mol. The summed E-state index contributed by atoms with van der Waals surface area (Å²) in [6, 6.07) is 15.1. The number of carbonyl (C=O) groups is 1. The van der Waals surface area contributed by atoms with Crippen LogP contribution in [-0.4, -0.2) is 35.7 Å². The van der Waals surface area contributed by atoms with E-state index in [-0.39, 0.29) is 5.91 Å². The maximum atomic E-state index is 12.9. The Kier molecular flexibility index (Phi) is 7.12. The van der Waals surface area contributed by atoms with Crippen LogP contribution in [0.4, 0.5) is 11.4 Å². The fourth-order valence-corrected chi connectivity index (χ4v) is 3.35. The zero-order valence-electron chi connectivity index (χ0n) is 18.4. The lowest BCUT2D eigenvalue weighted by Gasteiger charge is -2.15. The lowest BCUT2D eigenvalue weighted by Crippen LogP contribution is -2.36. The molecule has 1 amide bonds. The maximum Gasteiger partial charge on any atom is 0.258 e. The molecule has 0 bridgehead atoms. The van der Waals surface area contributed by atoms with Gasteiger partial charge in [0.15, 0.2) is 0 Å². The molecule has 0 aliphatic heterocycles. The highest BCUT2D eigenvalue weighted by atomic mass is 79.9. The van der Waals surface area contributed by atoms with E-state index in [1.807, 2.05) is 87.0 Å². The van der Waals surface area contributed by atoms with Gasteiger partial charge in [0.2, 0.25) is 5.96 Å². The van der Waals surface area contributed by atoms with Gasteiger partial charge in [0.1, 0.15) is 0 Å². The molecule has 0 unspecified atom stereocenters. The van der Waals surface area contributed by atoms with E-state index >= 15 is 0 Å². The number of nitrogens with zero attached hydrogens (tertiary/aromatic N) is 4. The molecule has 0 fully saturated rings. The third-order valence-electron chi connectivity index (χ3n) is 5.02. The van der Waals surface area contributed by atoms with Crippen LogP contribution in [0.2, 0.25) is 0 Å². The summed E-state index contributed by atoms with van der Waals surface area (Å²) in [5.41, 5.74) is 5.36. The van der Waals surface area contributed by atoms with Crippen LogP contribution in [0.3, 0.4) is 0 Å². The topological polar surface area (TPSA) is 74.5 Å². The monoisotopic (exact) mass is 482 g/mol. The van der Waals surface area contributed by atoms with Crippen LogP contribution in [0.1, 0.15) is 27.3 Å². The Hall–Kier alpha value is -3.13. The number of rotatable bonds is 5. The van der Waals surface area contributed by atoms with Crippen molar-refractivity contribution in [1.29, 1.82) is 0 Å². The molecule has 0 radical (unpaired) electrons. The minimum absolute atomic E-state index is 0.230. The molecular formula is C23H27BrN6O. The van der Waals surface area contributed by atoms with Gasteiger partial charge in [0, 0.05) is 53.8 Å². The summed E-state index contributed by atoms with van der Waals surface area (Å²) in [6.45, 7) is 4.38. The molecule has 0 spiro atoms. The predicted molar refractivity (Wildman–Crippen MR) is 130 cm³/mol. The van der Waals surface area contributed by atoms with Crippen LogP contribution in [0.25, 0.3) is 0 Å². The number of guanidine groups is 1. The first-order valence-corrected chi connectivity index (χ1v) is 10.7. The molecule has 0 atom stereocenters. The summed E-state index contributed by atoms with van der Waals surface area (Å²) in [5.74, 6) is 0.150. The van der Waals surface area contributed by atoms with E-state index in [4.69, 9.17) is 0 Å².